The monoisotopic (exact) mass is 508 g/mol. The van der Waals surface area contributed by atoms with Crippen LogP contribution in [0.4, 0.5) is 0 Å². The molecule has 0 spiro atoms. The molecule has 0 N–H and O–H groups in total. The fraction of sp³-hybridized carbons (Fsp3) is 0. The van der Waals surface area contributed by atoms with Crippen molar-refractivity contribution >= 4 is 56.1 Å². The van der Waals surface area contributed by atoms with Crippen molar-refractivity contribution in [3.63, 3.8) is 0 Å². The third kappa shape index (κ3) is 5.22. The number of carbonyl (C=O) groups excluding carboxylic acids is 2. The predicted octanol–water partition coefficient (Wildman–Crippen LogP) is 8.62. The molecule has 1 fully saturated rings. The summed E-state index contributed by atoms with van der Waals surface area (Å²) < 4.78 is 1.78. The molecule has 0 aliphatic carbocycles. The Balaban J connectivity index is 1.63. The summed E-state index contributed by atoms with van der Waals surface area (Å²) in [5.74, 6) is -0.0476. The molecule has 0 amide bonds. The van der Waals surface area contributed by atoms with Crippen LogP contribution in [0.15, 0.2) is 130 Å². The Morgan fingerprint density at radius 3 is 1.00 bits per heavy atom. The Labute approximate surface area is 216 Å². The molecule has 0 bridgehead atoms. The molecular formula is C30H20O2S3. The number of benzene rings is 4. The number of allylic oxidation sites excluding steroid dienone is 2. The van der Waals surface area contributed by atoms with Crippen LogP contribution in [0.2, 0.25) is 0 Å². The lowest BCUT2D eigenvalue weighted by Gasteiger charge is -2.11. The molecule has 35 heavy (non-hydrogen) atoms. The van der Waals surface area contributed by atoms with E-state index in [1.54, 1.807) is 21.6 Å². The van der Waals surface area contributed by atoms with E-state index in [0.29, 0.717) is 22.3 Å². The zero-order valence-electron chi connectivity index (χ0n) is 18.6. The normalized spacial score (nSPS) is 16.0. The number of Topliss-reactive ketones (excluding diaryl/α,β-unsaturated/α-hetero) is 2. The second-order valence-corrected chi connectivity index (χ2v) is 11.4. The van der Waals surface area contributed by atoms with Crippen molar-refractivity contribution in [2.75, 3.05) is 0 Å². The Kier molecular flexibility index (Phi) is 7.38. The highest BCUT2D eigenvalue weighted by molar-refractivity contribution is 8.87. The quantitative estimate of drug-likeness (QED) is 0.148. The Morgan fingerprint density at radius 2 is 0.686 bits per heavy atom. The van der Waals surface area contributed by atoms with Crippen LogP contribution in [0, 0.1) is 0 Å². The molecule has 0 aromatic heterocycles. The van der Waals surface area contributed by atoms with Gasteiger partial charge in [0.15, 0.2) is 11.6 Å². The lowest BCUT2D eigenvalue weighted by atomic mass is 9.98. The van der Waals surface area contributed by atoms with Crippen molar-refractivity contribution in [1.82, 2.24) is 0 Å². The highest BCUT2D eigenvalue weighted by Gasteiger charge is 2.30. The van der Waals surface area contributed by atoms with Crippen LogP contribution >= 0.6 is 33.3 Å². The van der Waals surface area contributed by atoms with Crippen molar-refractivity contribution in [2.45, 2.75) is 0 Å². The maximum absolute atomic E-state index is 13.7. The summed E-state index contributed by atoms with van der Waals surface area (Å²) in [6.45, 7) is 0. The van der Waals surface area contributed by atoms with Gasteiger partial charge in [-0.2, -0.15) is 0 Å². The molecule has 4 aromatic rings. The molecule has 5 rings (SSSR count). The smallest absolute Gasteiger partial charge is 0.195 e. The molecule has 4 aromatic carbocycles. The molecule has 1 aliphatic heterocycles. The minimum Gasteiger partial charge on any atom is -0.289 e. The van der Waals surface area contributed by atoms with Gasteiger partial charge in [-0.05, 0) is 32.7 Å². The van der Waals surface area contributed by atoms with Gasteiger partial charge in [0, 0.05) is 11.1 Å². The Hall–Kier alpha value is -3.25. The van der Waals surface area contributed by atoms with Crippen molar-refractivity contribution in [3.05, 3.63) is 152 Å². The van der Waals surface area contributed by atoms with Crippen LogP contribution in [0.1, 0.15) is 31.8 Å². The molecule has 2 nitrogen and oxygen atoms in total. The SMILES string of the molecule is O=C(/C(=C1\SS/C(=C(\C(=O)c2ccccc2)c2ccccc2)S1)c1ccccc1)c1ccccc1. The first kappa shape index (κ1) is 23.5. The molecule has 170 valence electrons. The zero-order chi connectivity index (χ0) is 24.0. The summed E-state index contributed by atoms with van der Waals surface area (Å²) in [6.07, 6.45) is 0. The minimum atomic E-state index is -0.0238. The number of thioether (sulfide) groups is 1. The van der Waals surface area contributed by atoms with Crippen molar-refractivity contribution in [2.24, 2.45) is 0 Å². The average Bonchev–Trinajstić information content (AvgIpc) is 3.40. The maximum atomic E-state index is 13.7. The average molecular weight is 509 g/mol. The van der Waals surface area contributed by atoms with E-state index >= 15 is 0 Å². The highest BCUT2D eigenvalue weighted by atomic mass is 33.1. The van der Waals surface area contributed by atoms with E-state index in [2.05, 4.69) is 0 Å². The van der Waals surface area contributed by atoms with Crippen molar-refractivity contribution in [1.29, 1.82) is 0 Å². The highest BCUT2D eigenvalue weighted by Crippen LogP contribution is 2.61. The van der Waals surface area contributed by atoms with E-state index in [1.807, 2.05) is 121 Å². The molecule has 5 heteroatoms. The number of hydrogen-bond acceptors (Lipinski definition) is 5. The Morgan fingerprint density at radius 1 is 0.400 bits per heavy atom. The van der Waals surface area contributed by atoms with Crippen LogP contribution in [0.3, 0.4) is 0 Å². The minimum absolute atomic E-state index is 0.0238. The summed E-state index contributed by atoms with van der Waals surface area (Å²) in [5, 5.41) is 0. The third-order valence-corrected chi connectivity index (χ3v) is 9.89. The topological polar surface area (TPSA) is 34.1 Å². The van der Waals surface area contributed by atoms with Crippen molar-refractivity contribution < 1.29 is 9.59 Å². The first-order valence-corrected chi connectivity index (χ1v) is 14.0. The Bertz CT molecular complexity index is 1300. The summed E-state index contributed by atoms with van der Waals surface area (Å²) >= 11 is 1.51. The predicted molar refractivity (Wildman–Crippen MR) is 151 cm³/mol. The van der Waals surface area contributed by atoms with Gasteiger partial charge in [-0.3, -0.25) is 9.59 Å². The lowest BCUT2D eigenvalue weighted by Crippen LogP contribution is -2.04. The molecular weight excluding hydrogens is 489 g/mol. The maximum Gasteiger partial charge on any atom is 0.195 e. The van der Waals surface area contributed by atoms with Crippen LogP contribution < -0.4 is 0 Å². The van der Waals surface area contributed by atoms with E-state index in [1.165, 1.54) is 11.8 Å². The number of carbonyl (C=O) groups is 2. The molecule has 0 radical (unpaired) electrons. The fourth-order valence-electron chi connectivity index (χ4n) is 3.74. The molecule has 1 saturated heterocycles. The summed E-state index contributed by atoms with van der Waals surface area (Å²) in [7, 11) is 3.08. The lowest BCUT2D eigenvalue weighted by molar-refractivity contribution is 0.104. The van der Waals surface area contributed by atoms with E-state index < -0.39 is 0 Å². The van der Waals surface area contributed by atoms with Gasteiger partial charge in [-0.1, -0.05) is 133 Å². The van der Waals surface area contributed by atoms with Gasteiger partial charge in [0.05, 0.1) is 19.6 Å². The third-order valence-electron chi connectivity index (χ3n) is 5.44. The van der Waals surface area contributed by atoms with E-state index in [9.17, 15) is 9.59 Å². The van der Waals surface area contributed by atoms with Gasteiger partial charge in [-0.25, -0.2) is 0 Å². The standard InChI is InChI=1S/C30H20O2S3/c31-27(23-17-9-3-10-18-23)25(21-13-5-1-6-14-21)29-33-30(35-34-29)26(22-15-7-2-8-16-22)28(32)24-19-11-4-12-20-24/h1-20H/b29-25-,30-26-. The summed E-state index contributed by atoms with van der Waals surface area (Å²) in [5.41, 5.74) is 4.35. The van der Waals surface area contributed by atoms with Crippen LogP contribution in [-0.4, -0.2) is 11.6 Å². The summed E-state index contributed by atoms with van der Waals surface area (Å²) in [4.78, 5) is 27.3. The fourth-order valence-corrected chi connectivity index (χ4v) is 8.38. The molecule has 0 saturated carbocycles. The van der Waals surface area contributed by atoms with Gasteiger partial charge in [-0.15, -0.1) is 0 Å². The largest absolute Gasteiger partial charge is 0.289 e. The van der Waals surface area contributed by atoms with Gasteiger partial charge in [0.1, 0.15) is 0 Å². The van der Waals surface area contributed by atoms with Gasteiger partial charge < -0.3 is 0 Å². The van der Waals surface area contributed by atoms with Crippen LogP contribution in [0.25, 0.3) is 11.1 Å². The molecule has 1 heterocycles. The first-order chi connectivity index (χ1) is 17.2. The first-order valence-electron chi connectivity index (χ1n) is 11.0. The molecule has 1 aliphatic rings. The van der Waals surface area contributed by atoms with Crippen LogP contribution in [0.5, 0.6) is 0 Å². The molecule has 0 atom stereocenters. The van der Waals surface area contributed by atoms with Crippen molar-refractivity contribution in [3.8, 4) is 0 Å². The van der Waals surface area contributed by atoms with E-state index in [0.717, 1.165) is 19.6 Å². The van der Waals surface area contributed by atoms with E-state index in [4.69, 9.17) is 0 Å². The van der Waals surface area contributed by atoms with Crippen LogP contribution in [-0.2, 0) is 0 Å². The number of ketones is 2. The second-order valence-electron chi connectivity index (χ2n) is 7.72. The van der Waals surface area contributed by atoms with Gasteiger partial charge in [0.2, 0.25) is 0 Å². The van der Waals surface area contributed by atoms with Gasteiger partial charge >= 0.3 is 0 Å². The number of rotatable bonds is 6. The zero-order valence-corrected chi connectivity index (χ0v) is 21.0. The summed E-state index contributed by atoms with van der Waals surface area (Å²) in [6, 6.07) is 38.2. The van der Waals surface area contributed by atoms with Gasteiger partial charge in [0.25, 0.3) is 0 Å². The number of hydrogen-bond donors (Lipinski definition) is 0. The second kappa shape index (κ2) is 11.0. The molecule has 0 unspecified atom stereocenters. The van der Waals surface area contributed by atoms with E-state index in [-0.39, 0.29) is 11.6 Å².